The van der Waals surface area contributed by atoms with Gasteiger partial charge in [0.05, 0.1) is 22.5 Å². The molecule has 4 N–H and O–H groups in total. The first-order valence-corrected chi connectivity index (χ1v) is 12.4. The number of aryl methyl sites for hydroxylation is 2. The second kappa shape index (κ2) is 8.33. The lowest BCUT2D eigenvalue weighted by atomic mass is 10.1. The Labute approximate surface area is 181 Å². The van der Waals surface area contributed by atoms with E-state index in [4.69, 9.17) is 16.5 Å². The average molecular weight is 445 g/mol. The van der Waals surface area contributed by atoms with Crippen molar-refractivity contribution in [2.24, 2.45) is 5.73 Å². The van der Waals surface area contributed by atoms with Gasteiger partial charge >= 0.3 is 6.03 Å². The monoisotopic (exact) mass is 444 g/mol. The number of fused-ring (bicyclic) bond motifs is 3. The summed E-state index contributed by atoms with van der Waals surface area (Å²) in [5.74, 6) is 1.48. The van der Waals surface area contributed by atoms with Crippen LogP contribution in [0.5, 0.6) is 0 Å². The predicted molar refractivity (Wildman–Crippen MR) is 121 cm³/mol. The van der Waals surface area contributed by atoms with Crippen LogP contribution < -0.4 is 11.5 Å². The Morgan fingerprint density at radius 3 is 2.71 bits per heavy atom. The SMILES string of the molecule is CCc1nc2c(N)nc3ccccc3c2n1CCCCN(C(N)=O)C1CCS(=O)(=O)C1. The van der Waals surface area contributed by atoms with Gasteiger partial charge in [0.15, 0.2) is 15.7 Å². The van der Waals surface area contributed by atoms with Crippen LogP contribution >= 0.6 is 0 Å². The second-order valence-corrected chi connectivity index (χ2v) is 10.3. The average Bonchev–Trinajstić information content (AvgIpc) is 3.28. The van der Waals surface area contributed by atoms with Crippen LogP contribution in [0, 0.1) is 0 Å². The number of imidazole rings is 1. The molecule has 4 rings (SSSR count). The lowest BCUT2D eigenvalue weighted by Gasteiger charge is -2.26. The Morgan fingerprint density at radius 2 is 2.03 bits per heavy atom. The summed E-state index contributed by atoms with van der Waals surface area (Å²) in [6, 6.07) is 6.99. The predicted octanol–water partition coefficient (Wildman–Crippen LogP) is 2.08. The minimum Gasteiger partial charge on any atom is -0.382 e. The van der Waals surface area contributed by atoms with E-state index in [2.05, 4.69) is 16.5 Å². The molecular weight excluding hydrogens is 416 g/mol. The molecule has 2 aromatic heterocycles. The number of carbonyl (C=O) groups is 1. The van der Waals surface area contributed by atoms with Gasteiger partial charge in [-0.3, -0.25) is 0 Å². The zero-order valence-corrected chi connectivity index (χ0v) is 18.4. The quantitative estimate of drug-likeness (QED) is 0.535. The van der Waals surface area contributed by atoms with E-state index in [1.54, 1.807) is 0 Å². The molecule has 9 nitrogen and oxygen atoms in total. The third-order valence-electron chi connectivity index (χ3n) is 5.97. The van der Waals surface area contributed by atoms with E-state index < -0.39 is 15.9 Å². The maximum Gasteiger partial charge on any atom is 0.315 e. The van der Waals surface area contributed by atoms with Crippen LogP contribution in [0.3, 0.4) is 0 Å². The summed E-state index contributed by atoms with van der Waals surface area (Å²) >= 11 is 0. The van der Waals surface area contributed by atoms with Crippen molar-refractivity contribution in [2.75, 3.05) is 23.8 Å². The lowest BCUT2D eigenvalue weighted by Crippen LogP contribution is -2.44. The molecule has 1 aliphatic heterocycles. The van der Waals surface area contributed by atoms with Crippen LogP contribution in [0.25, 0.3) is 21.9 Å². The minimum absolute atomic E-state index is 0.000344. The Balaban J connectivity index is 1.53. The van der Waals surface area contributed by atoms with Gasteiger partial charge in [0.1, 0.15) is 11.3 Å². The van der Waals surface area contributed by atoms with Crippen LogP contribution in [0.1, 0.15) is 32.0 Å². The summed E-state index contributed by atoms with van der Waals surface area (Å²) in [5.41, 5.74) is 14.2. The number of anilines is 1. The van der Waals surface area contributed by atoms with Crippen molar-refractivity contribution < 1.29 is 13.2 Å². The number of primary amides is 1. The first kappa shape index (κ1) is 21.4. The molecule has 0 radical (unpaired) electrons. The number of hydrogen-bond donors (Lipinski definition) is 2. The van der Waals surface area contributed by atoms with Gasteiger partial charge in [-0.2, -0.15) is 0 Å². The molecule has 1 aromatic carbocycles. The van der Waals surface area contributed by atoms with E-state index in [1.165, 1.54) is 4.90 Å². The first-order chi connectivity index (χ1) is 14.8. The van der Waals surface area contributed by atoms with Crippen LogP contribution in [-0.2, 0) is 22.8 Å². The largest absolute Gasteiger partial charge is 0.382 e. The highest BCUT2D eigenvalue weighted by Gasteiger charge is 2.33. The van der Waals surface area contributed by atoms with E-state index in [0.29, 0.717) is 37.3 Å². The highest BCUT2D eigenvalue weighted by molar-refractivity contribution is 7.91. The van der Waals surface area contributed by atoms with Crippen LogP contribution in [0.15, 0.2) is 24.3 Å². The van der Waals surface area contributed by atoms with Crippen LogP contribution in [0.2, 0.25) is 0 Å². The van der Waals surface area contributed by atoms with Gasteiger partial charge in [-0.15, -0.1) is 0 Å². The Hall–Kier alpha value is -2.88. The number of amides is 2. The molecular formula is C21H28N6O3S. The number of rotatable bonds is 7. The number of nitrogen functional groups attached to an aromatic ring is 1. The molecule has 31 heavy (non-hydrogen) atoms. The number of benzene rings is 1. The van der Waals surface area contributed by atoms with Crippen LogP contribution in [-0.4, -0.2) is 58.0 Å². The number of carbonyl (C=O) groups excluding carboxylic acids is 1. The highest BCUT2D eigenvalue weighted by atomic mass is 32.2. The summed E-state index contributed by atoms with van der Waals surface area (Å²) in [4.78, 5) is 22.6. The first-order valence-electron chi connectivity index (χ1n) is 10.6. The Bertz CT molecular complexity index is 1240. The van der Waals surface area contributed by atoms with Crippen molar-refractivity contribution in [3.05, 3.63) is 30.1 Å². The molecule has 2 amide bonds. The molecule has 1 saturated heterocycles. The molecule has 1 aliphatic rings. The van der Waals surface area contributed by atoms with Crippen molar-refractivity contribution in [1.29, 1.82) is 0 Å². The molecule has 10 heteroatoms. The number of sulfone groups is 1. The number of nitrogens with two attached hydrogens (primary N) is 2. The fourth-order valence-electron chi connectivity index (χ4n) is 4.46. The summed E-state index contributed by atoms with van der Waals surface area (Å²) in [7, 11) is -3.08. The fourth-order valence-corrected chi connectivity index (χ4v) is 6.19. The summed E-state index contributed by atoms with van der Waals surface area (Å²) in [6.45, 7) is 3.20. The molecule has 0 bridgehead atoms. The summed E-state index contributed by atoms with van der Waals surface area (Å²) in [6.07, 6.45) is 2.71. The fraction of sp³-hybridized carbons (Fsp3) is 0.476. The van der Waals surface area contributed by atoms with Crippen molar-refractivity contribution in [3.8, 4) is 0 Å². The Morgan fingerprint density at radius 1 is 1.26 bits per heavy atom. The van der Waals surface area contributed by atoms with Crippen molar-refractivity contribution >= 4 is 43.6 Å². The lowest BCUT2D eigenvalue weighted by molar-refractivity contribution is 0.188. The van der Waals surface area contributed by atoms with Gasteiger partial charge in [0.25, 0.3) is 0 Å². The number of unbranched alkanes of at least 4 members (excludes halogenated alkanes) is 1. The number of pyridine rings is 1. The third kappa shape index (κ3) is 4.16. The van der Waals surface area contributed by atoms with Gasteiger partial charge < -0.3 is 20.9 Å². The van der Waals surface area contributed by atoms with Crippen molar-refractivity contribution in [2.45, 2.75) is 45.2 Å². The number of hydrogen-bond acceptors (Lipinski definition) is 6. The molecule has 1 atom stereocenters. The second-order valence-electron chi connectivity index (χ2n) is 8.04. The van der Waals surface area contributed by atoms with Crippen molar-refractivity contribution in [1.82, 2.24) is 19.4 Å². The molecule has 0 spiro atoms. The molecule has 0 saturated carbocycles. The highest BCUT2D eigenvalue weighted by Crippen LogP contribution is 2.29. The van der Waals surface area contributed by atoms with Gasteiger partial charge in [0, 0.05) is 30.9 Å². The smallest absolute Gasteiger partial charge is 0.315 e. The number of aromatic nitrogens is 3. The molecule has 3 heterocycles. The zero-order valence-electron chi connectivity index (χ0n) is 17.6. The molecule has 3 aromatic rings. The van der Waals surface area contributed by atoms with Crippen LogP contribution in [0.4, 0.5) is 10.6 Å². The molecule has 0 aliphatic carbocycles. The normalized spacial score (nSPS) is 18.0. The van der Waals surface area contributed by atoms with E-state index in [9.17, 15) is 13.2 Å². The maximum absolute atomic E-state index is 11.9. The zero-order chi connectivity index (χ0) is 22.2. The van der Waals surface area contributed by atoms with Gasteiger partial charge in [-0.05, 0) is 25.3 Å². The third-order valence-corrected chi connectivity index (χ3v) is 7.72. The van der Waals surface area contributed by atoms with E-state index in [-0.39, 0.29) is 17.5 Å². The van der Waals surface area contributed by atoms with Crippen molar-refractivity contribution in [3.63, 3.8) is 0 Å². The molecule has 166 valence electrons. The minimum atomic E-state index is -3.08. The summed E-state index contributed by atoms with van der Waals surface area (Å²) < 4.78 is 25.7. The van der Waals surface area contributed by atoms with Gasteiger partial charge in [0.2, 0.25) is 0 Å². The van der Waals surface area contributed by atoms with E-state index in [0.717, 1.165) is 35.1 Å². The molecule has 1 unspecified atom stereocenters. The van der Waals surface area contributed by atoms with Gasteiger partial charge in [-0.25, -0.2) is 23.2 Å². The standard InChI is InChI=1S/C21H28N6O3S/c1-2-17-25-18-19(15-7-3-4-8-16(15)24-20(18)22)27(17)11-6-5-10-26(21(23)28)14-9-12-31(29,30)13-14/h3-4,7-8,14H,2,5-6,9-13H2,1H3,(H2,22,24)(H2,23,28). The maximum atomic E-state index is 11.9. The van der Waals surface area contributed by atoms with E-state index >= 15 is 0 Å². The van der Waals surface area contributed by atoms with E-state index in [1.807, 2.05) is 24.3 Å². The number of urea groups is 1. The van der Waals surface area contributed by atoms with Gasteiger partial charge in [-0.1, -0.05) is 25.1 Å². The number of para-hydroxylation sites is 1. The molecule has 1 fully saturated rings. The number of nitrogens with zero attached hydrogens (tertiary/aromatic N) is 4. The topological polar surface area (TPSA) is 137 Å². The Kier molecular flexibility index (Phi) is 5.74. The summed E-state index contributed by atoms with van der Waals surface area (Å²) in [5, 5.41) is 1.01.